The van der Waals surface area contributed by atoms with Gasteiger partial charge in [-0.05, 0) is 48.4 Å². The molecule has 3 rings (SSSR count). The Bertz CT molecular complexity index is 1050. The van der Waals surface area contributed by atoms with Gasteiger partial charge in [0.05, 0.1) is 15.5 Å². The summed E-state index contributed by atoms with van der Waals surface area (Å²) in [5.41, 5.74) is 2.44. The zero-order valence-corrected chi connectivity index (χ0v) is 16.0. The molecule has 0 aliphatic heterocycles. The summed E-state index contributed by atoms with van der Waals surface area (Å²) >= 11 is 1.35. The maximum absolute atomic E-state index is 13.2. The van der Waals surface area contributed by atoms with Crippen molar-refractivity contribution >= 4 is 27.0 Å². The third kappa shape index (κ3) is 3.61. The normalized spacial score (nSPS) is 11.5. The smallest absolute Gasteiger partial charge is 0.178 e. The Labute approximate surface area is 156 Å². The van der Waals surface area contributed by atoms with Crippen molar-refractivity contribution in [2.24, 2.45) is 0 Å². The van der Waals surface area contributed by atoms with Gasteiger partial charge in [0.2, 0.25) is 0 Å². The summed E-state index contributed by atoms with van der Waals surface area (Å²) in [7, 11) is -3.27. The van der Waals surface area contributed by atoms with E-state index in [-0.39, 0.29) is 22.2 Å². The summed E-state index contributed by atoms with van der Waals surface area (Å²) in [5.74, 6) is -0.331. The highest BCUT2D eigenvalue weighted by atomic mass is 32.2. The van der Waals surface area contributed by atoms with Crippen LogP contribution in [0.5, 0.6) is 0 Å². The highest BCUT2D eigenvalue weighted by Gasteiger charge is 2.17. The van der Waals surface area contributed by atoms with Crippen molar-refractivity contribution in [2.45, 2.75) is 18.7 Å². The van der Waals surface area contributed by atoms with Crippen molar-refractivity contribution in [2.75, 3.05) is 5.75 Å². The van der Waals surface area contributed by atoms with Gasteiger partial charge in [-0.1, -0.05) is 31.2 Å². The molecule has 0 bridgehead atoms. The molecular formula is C20H17FO3S2. The van der Waals surface area contributed by atoms with E-state index in [1.54, 1.807) is 49.4 Å². The number of carbonyl (C=O) groups excluding carboxylic acids is 1. The van der Waals surface area contributed by atoms with Gasteiger partial charge >= 0.3 is 0 Å². The minimum atomic E-state index is -3.27. The molecular weight excluding hydrogens is 371 g/mol. The van der Waals surface area contributed by atoms with Crippen LogP contribution in [0.25, 0.3) is 21.6 Å². The Hall–Kier alpha value is -2.31. The first kappa shape index (κ1) is 18.5. The third-order valence-corrected chi connectivity index (χ3v) is 7.13. The first-order valence-corrected chi connectivity index (χ1v) is 10.5. The lowest BCUT2D eigenvalue weighted by atomic mass is 10.0. The molecule has 0 saturated heterocycles. The summed E-state index contributed by atoms with van der Waals surface area (Å²) in [6.45, 7) is 3.11. The zero-order valence-electron chi connectivity index (χ0n) is 14.3. The predicted molar refractivity (Wildman–Crippen MR) is 103 cm³/mol. The molecule has 2 aromatic carbocycles. The molecule has 0 amide bonds. The molecule has 0 spiro atoms. The molecule has 3 nitrogen and oxygen atoms in total. The van der Waals surface area contributed by atoms with Crippen LogP contribution < -0.4 is 0 Å². The lowest BCUT2D eigenvalue weighted by Gasteiger charge is -2.06. The number of hydrogen-bond acceptors (Lipinski definition) is 4. The van der Waals surface area contributed by atoms with E-state index in [1.165, 1.54) is 30.4 Å². The van der Waals surface area contributed by atoms with Gasteiger partial charge in [-0.15, -0.1) is 11.3 Å². The van der Waals surface area contributed by atoms with Crippen LogP contribution in [0, 0.1) is 5.82 Å². The van der Waals surface area contributed by atoms with Crippen LogP contribution in [0.2, 0.25) is 0 Å². The van der Waals surface area contributed by atoms with E-state index in [0.29, 0.717) is 4.88 Å². The lowest BCUT2D eigenvalue weighted by Crippen LogP contribution is -2.03. The van der Waals surface area contributed by atoms with Crippen LogP contribution in [0.1, 0.15) is 23.5 Å². The van der Waals surface area contributed by atoms with Crippen molar-refractivity contribution in [1.82, 2.24) is 0 Å². The van der Waals surface area contributed by atoms with Crippen LogP contribution in [0.15, 0.2) is 59.5 Å². The summed E-state index contributed by atoms with van der Waals surface area (Å²) in [5, 5.41) is 0. The Morgan fingerprint density at radius 2 is 1.58 bits per heavy atom. The molecule has 134 valence electrons. The lowest BCUT2D eigenvalue weighted by molar-refractivity contribution is 0.102. The quantitative estimate of drug-likeness (QED) is 0.563. The van der Waals surface area contributed by atoms with Crippen molar-refractivity contribution in [3.8, 4) is 21.6 Å². The number of sulfone groups is 1. The number of ketones is 1. The van der Waals surface area contributed by atoms with Crippen molar-refractivity contribution in [3.63, 3.8) is 0 Å². The average molecular weight is 388 g/mol. The molecule has 0 saturated carbocycles. The number of thiophene rings is 1. The highest BCUT2D eigenvalue weighted by Crippen LogP contribution is 2.40. The van der Waals surface area contributed by atoms with Gasteiger partial charge in [-0.3, -0.25) is 4.79 Å². The Balaban J connectivity index is 2.12. The molecule has 6 heteroatoms. The number of hydrogen-bond donors (Lipinski definition) is 0. The fourth-order valence-corrected chi connectivity index (χ4v) is 4.57. The average Bonchev–Trinajstić information content (AvgIpc) is 3.08. The van der Waals surface area contributed by atoms with Crippen molar-refractivity contribution < 1.29 is 17.6 Å². The minimum absolute atomic E-state index is 0.0418. The molecule has 0 radical (unpaired) electrons. The zero-order chi connectivity index (χ0) is 18.9. The Morgan fingerprint density at radius 3 is 2.12 bits per heavy atom. The maximum atomic E-state index is 13.2. The van der Waals surface area contributed by atoms with Gasteiger partial charge in [0, 0.05) is 10.4 Å². The Kier molecular flexibility index (Phi) is 5.07. The number of carbonyl (C=O) groups is 1. The second kappa shape index (κ2) is 7.13. The van der Waals surface area contributed by atoms with Crippen LogP contribution in [0.3, 0.4) is 0 Å². The number of Topliss-reactive ketones (excluding diaryl/α,β-unsaturated/α-hetero) is 1. The minimum Gasteiger partial charge on any atom is -0.294 e. The number of halogens is 1. The van der Waals surface area contributed by atoms with Gasteiger partial charge in [-0.25, -0.2) is 12.8 Å². The third-order valence-electron chi connectivity index (χ3n) is 4.09. The van der Waals surface area contributed by atoms with Crippen LogP contribution in [-0.4, -0.2) is 20.0 Å². The molecule has 0 unspecified atom stereocenters. The molecule has 0 aliphatic carbocycles. The van der Waals surface area contributed by atoms with E-state index in [1.807, 2.05) is 0 Å². The first-order valence-electron chi connectivity index (χ1n) is 8.05. The second-order valence-electron chi connectivity index (χ2n) is 5.84. The van der Waals surface area contributed by atoms with E-state index < -0.39 is 9.84 Å². The maximum Gasteiger partial charge on any atom is 0.178 e. The molecule has 0 N–H and O–H groups in total. The van der Waals surface area contributed by atoms with Crippen molar-refractivity contribution in [1.29, 1.82) is 0 Å². The fourth-order valence-electron chi connectivity index (χ4n) is 2.60. The summed E-state index contributed by atoms with van der Waals surface area (Å²) in [6.07, 6.45) is 0. The summed E-state index contributed by atoms with van der Waals surface area (Å²) in [4.78, 5) is 13.5. The molecule has 0 fully saturated rings. The van der Waals surface area contributed by atoms with Crippen LogP contribution >= 0.6 is 11.3 Å². The van der Waals surface area contributed by atoms with E-state index in [4.69, 9.17) is 0 Å². The van der Waals surface area contributed by atoms with Gasteiger partial charge < -0.3 is 0 Å². The largest absolute Gasteiger partial charge is 0.294 e. The molecule has 1 heterocycles. The topological polar surface area (TPSA) is 51.2 Å². The number of benzene rings is 2. The first-order chi connectivity index (χ1) is 12.3. The van der Waals surface area contributed by atoms with E-state index in [9.17, 15) is 17.6 Å². The van der Waals surface area contributed by atoms with E-state index in [0.717, 1.165) is 21.6 Å². The predicted octanol–water partition coefficient (Wildman–Crippen LogP) is 5.22. The van der Waals surface area contributed by atoms with E-state index in [2.05, 4.69) is 0 Å². The van der Waals surface area contributed by atoms with Gasteiger partial charge in [0.1, 0.15) is 5.82 Å². The Morgan fingerprint density at radius 1 is 1.00 bits per heavy atom. The highest BCUT2D eigenvalue weighted by molar-refractivity contribution is 7.91. The van der Waals surface area contributed by atoms with E-state index >= 15 is 0 Å². The van der Waals surface area contributed by atoms with Gasteiger partial charge in [-0.2, -0.15) is 0 Å². The summed E-state index contributed by atoms with van der Waals surface area (Å²) in [6, 6.07) is 14.5. The SMILES string of the molecule is CCS(=O)(=O)c1ccc(-c2cc(C(C)=O)sc2-c2ccc(F)cc2)cc1. The van der Waals surface area contributed by atoms with Gasteiger partial charge in [0.15, 0.2) is 15.6 Å². The standard InChI is InChI=1S/C20H17FO3S2/c1-3-26(23,24)17-10-6-14(7-11-17)18-12-19(13(2)22)25-20(18)15-4-8-16(21)9-5-15/h4-12H,3H2,1-2H3. The number of rotatable bonds is 5. The van der Waals surface area contributed by atoms with Crippen molar-refractivity contribution in [3.05, 3.63) is 65.3 Å². The van der Waals surface area contributed by atoms with Crippen LogP contribution in [-0.2, 0) is 9.84 Å². The molecule has 3 aromatic rings. The fraction of sp³-hybridized carbons (Fsp3) is 0.150. The van der Waals surface area contributed by atoms with Gasteiger partial charge in [0.25, 0.3) is 0 Å². The summed E-state index contributed by atoms with van der Waals surface area (Å²) < 4.78 is 37.2. The molecule has 1 aromatic heterocycles. The van der Waals surface area contributed by atoms with Crippen LogP contribution in [0.4, 0.5) is 4.39 Å². The monoisotopic (exact) mass is 388 g/mol. The molecule has 0 atom stereocenters. The molecule has 0 aliphatic rings. The second-order valence-corrected chi connectivity index (χ2v) is 9.17. The molecule has 26 heavy (non-hydrogen) atoms.